The van der Waals surface area contributed by atoms with Crippen LogP contribution in [0, 0.1) is 0 Å². The van der Waals surface area contributed by atoms with Crippen molar-refractivity contribution in [3.63, 3.8) is 0 Å². The summed E-state index contributed by atoms with van der Waals surface area (Å²) in [5.74, 6) is 0. The zero-order valence-electron chi connectivity index (χ0n) is 5.27. The monoisotopic (exact) mass is 160 g/mol. The van der Waals surface area contributed by atoms with E-state index in [1.165, 1.54) is 6.20 Å². The van der Waals surface area contributed by atoms with Crippen LogP contribution in [0.25, 0.3) is 0 Å². The quantitative estimate of drug-likeness (QED) is 0.587. The second-order valence-electron chi connectivity index (χ2n) is 1.73. The standard InChI is InChI=1S/C6H8N2O.ClH/c7-6(9)5-2-1-3-8-4-5;/h1-4,6,9H,7H2;1H. The number of rotatable bonds is 1. The molecule has 0 saturated heterocycles. The van der Waals surface area contributed by atoms with E-state index in [0.717, 1.165) is 0 Å². The first-order valence-corrected chi connectivity index (χ1v) is 2.64. The third kappa shape index (κ3) is 2.31. The minimum atomic E-state index is -0.904. The van der Waals surface area contributed by atoms with Gasteiger partial charge in [-0.25, -0.2) is 0 Å². The van der Waals surface area contributed by atoms with E-state index in [1.54, 1.807) is 18.3 Å². The lowest BCUT2D eigenvalue weighted by Gasteiger charge is -2.00. The lowest BCUT2D eigenvalue weighted by atomic mass is 10.3. The van der Waals surface area contributed by atoms with Crippen LogP contribution in [0.15, 0.2) is 24.5 Å². The number of aliphatic hydroxyl groups is 1. The first kappa shape index (κ1) is 9.36. The van der Waals surface area contributed by atoms with Crippen molar-refractivity contribution >= 4 is 12.4 Å². The third-order valence-corrected chi connectivity index (χ3v) is 1.03. The van der Waals surface area contributed by atoms with Gasteiger partial charge in [-0.3, -0.25) is 4.98 Å². The molecule has 56 valence electrons. The van der Waals surface area contributed by atoms with Gasteiger partial charge < -0.3 is 10.8 Å². The summed E-state index contributed by atoms with van der Waals surface area (Å²) in [6, 6.07) is 3.45. The molecule has 3 N–H and O–H groups in total. The van der Waals surface area contributed by atoms with Gasteiger partial charge in [0.2, 0.25) is 0 Å². The van der Waals surface area contributed by atoms with Crippen molar-refractivity contribution in [2.24, 2.45) is 5.73 Å². The van der Waals surface area contributed by atoms with Crippen LogP contribution in [0.5, 0.6) is 0 Å². The highest BCUT2D eigenvalue weighted by Crippen LogP contribution is 2.01. The van der Waals surface area contributed by atoms with Gasteiger partial charge in [0.25, 0.3) is 0 Å². The van der Waals surface area contributed by atoms with Gasteiger partial charge in [-0.05, 0) is 6.07 Å². The maximum absolute atomic E-state index is 8.76. The van der Waals surface area contributed by atoms with Crippen LogP contribution in [0.2, 0.25) is 0 Å². The van der Waals surface area contributed by atoms with E-state index in [2.05, 4.69) is 4.98 Å². The molecule has 1 atom stereocenters. The molecule has 0 spiro atoms. The molecule has 1 heterocycles. The van der Waals surface area contributed by atoms with Gasteiger partial charge in [0.15, 0.2) is 0 Å². The van der Waals surface area contributed by atoms with E-state index >= 15 is 0 Å². The van der Waals surface area contributed by atoms with Gasteiger partial charge in [-0.1, -0.05) is 6.07 Å². The van der Waals surface area contributed by atoms with Gasteiger partial charge in [-0.15, -0.1) is 12.4 Å². The van der Waals surface area contributed by atoms with Crippen LogP contribution in [-0.2, 0) is 0 Å². The Balaban J connectivity index is 0.000000810. The van der Waals surface area contributed by atoms with Crippen LogP contribution in [0.1, 0.15) is 11.8 Å². The smallest absolute Gasteiger partial charge is 0.130 e. The highest BCUT2D eigenvalue weighted by Gasteiger charge is 1.96. The van der Waals surface area contributed by atoms with Crippen molar-refractivity contribution in [2.45, 2.75) is 6.23 Å². The van der Waals surface area contributed by atoms with Crippen LogP contribution in [0.4, 0.5) is 0 Å². The Bertz CT molecular complexity index is 178. The summed E-state index contributed by atoms with van der Waals surface area (Å²) in [6.07, 6.45) is 2.26. The first-order chi connectivity index (χ1) is 4.30. The number of pyridine rings is 1. The highest BCUT2D eigenvalue weighted by molar-refractivity contribution is 5.85. The molecule has 1 aromatic rings. The third-order valence-electron chi connectivity index (χ3n) is 1.03. The van der Waals surface area contributed by atoms with Crippen molar-refractivity contribution in [1.82, 2.24) is 4.98 Å². The van der Waals surface area contributed by atoms with Gasteiger partial charge in [0.1, 0.15) is 6.23 Å². The van der Waals surface area contributed by atoms with Crippen LogP contribution in [-0.4, -0.2) is 10.1 Å². The zero-order chi connectivity index (χ0) is 6.69. The lowest BCUT2D eigenvalue weighted by molar-refractivity contribution is 0.186. The summed E-state index contributed by atoms with van der Waals surface area (Å²) in [6.45, 7) is 0. The molecule has 0 saturated carbocycles. The minimum absolute atomic E-state index is 0. The van der Waals surface area contributed by atoms with Gasteiger partial charge in [0, 0.05) is 18.0 Å². The Morgan fingerprint density at radius 1 is 1.60 bits per heavy atom. The predicted molar refractivity (Wildman–Crippen MR) is 40.6 cm³/mol. The topological polar surface area (TPSA) is 59.1 Å². The van der Waals surface area contributed by atoms with Crippen molar-refractivity contribution in [2.75, 3.05) is 0 Å². The SMILES string of the molecule is Cl.NC(O)c1cccnc1. The minimum Gasteiger partial charge on any atom is -0.374 e. The normalized spacial score (nSPS) is 11.8. The maximum atomic E-state index is 8.76. The number of aromatic nitrogens is 1. The second kappa shape index (κ2) is 4.22. The summed E-state index contributed by atoms with van der Waals surface area (Å²) in [4.78, 5) is 3.77. The largest absolute Gasteiger partial charge is 0.374 e. The number of hydrogen-bond acceptors (Lipinski definition) is 3. The molecular formula is C6H9ClN2O. The van der Waals surface area contributed by atoms with Crippen LogP contribution < -0.4 is 5.73 Å². The average molecular weight is 161 g/mol. The van der Waals surface area contributed by atoms with Crippen LogP contribution >= 0.6 is 12.4 Å². The van der Waals surface area contributed by atoms with E-state index in [9.17, 15) is 0 Å². The molecule has 10 heavy (non-hydrogen) atoms. The lowest BCUT2D eigenvalue weighted by Crippen LogP contribution is -2.08. The maximum Gasteiger partial charge on any atom is 0.130 e. The molecule has 4 heteroatoms. The summed E-state index contributed by atoms with van der Waals surface area (Å²) >= 11 is 0. The summed E-state index contributed by atoms with van der Waals surface area (Å²) < 4.78 is 0. The van der Waals surface area contributed by atoms with E-state index in [1.807, 2.05) is 0 Å². The molecule has 0 aliphatic rings. The molecule has 1 aromatic heterocycles. The Labute approximate surface area is 65.3 Å². The second-order valence-corrected chi connectivity index (χ2v) is 1.73. The molecule has 0 aliphatic heterocycles. The first-order valence-electron chi connectivity index (χ1n) is 2.64. The van der Waals surface area contributed by atoms with E-state index < -0.39 is 6.23 Å². The van der Waals surface area contributed by atoms with E-state index in [-0.39, 0.29) is 12.4 Å². The van der Waals surface area contributed by atoms with Crippen molar-refractivity contribution in [3.05, 3.63) is 30.1 Å². The number of aliphatic hydroxyl groups excluding tert-OH is 1. The molecule has 1 rings (SSSR count). The Hall–Kier alpha value is -0.640. The summed E-state index contributed by atoms with van der Waals surface area (Å²) in [7, 11) is 0. The van der Waals surface area contributed by atoms with Gasteiger partial charge >= 0.3 is 0 Å². The van der Waals surface area contributed by atoms with Crippen LogP contribution in [0.3, 0.4) is 0 Å². The zero-order valence-corrected chi connectivity index (χ0v) is 6.08. The van der Waals surface area contributed by atoms with Crippen molar-refractivity contribution < 1.29 is 5.11 Å². The number of halogens is 1. The number of hydrogen-bond donors (Lipinski definition) is 2. The fourth-order valence-corrected chi connectivity index (χ4v) is 0.551. The molecule has 3 nitrogen and oxygen atoms in total. The fraction of sp³-hybridized carbons (Fsp3) is 0.167. The summed E-state index contributed by atoms with van der Waals surface area (Å²) in [5.41, 5.74) is 5.77. The molecule has 0 aliphatic carbocycles. The van der Waals surface area contributed by atoms with E-state index in [4.69, 9.17) is 10.8 Å². The van der Waals surface area contributed by atoms with E-state index in [0.29, 0.717) is 5.56 Å². The number of nitrogens with zero attached hydrogens (tertiary/aromatic N) is 1. The Morgan fingerprint density at radius 2 is 2.30 bits per heavy atom. The number of nitrogens with two attached hydrogens (primary N) is 1. The Morgan fingerprint density at radius 3 is 2.60 bits per heavy atom. The van der Waals surface area contributed by atoms with Crippen molar-refractivity contribution in [3.8, 4) is 0 Å². The molecule has 0 bridgehead atoms. The molecule has 0 radical (unpaired) electrons. The highest BCUT2D eigenvalue weighted by atomic mass is 35.5. The molecule has 0 amide bonds. The van der Waals surface area contributed by atoms with Crippen molar-refractivity contribution in [1.29, 1.82) is 0 Å². The Kier molecular flexibility index (Phi) is 3.95. The molecule has 1 unspecified atom stereocenters. The molecular weight excluding hydrogens is 152 g/mol. The van der Waals surface area contributed by atoms with Gasteiger partial charge in [0.05, 0.1) is 0 Å². The fourth-order valence-electron chi connectivity index (χ4n) is 0.551. The molecule has 0 fully saturated rings. The predicted octanol–water partition coefficient (Wildman–Crippen LogP) is 0.453. The van der Waals surface area contributed by atoms with Gasteiger partial charge in [-0.2, -0.15) is 0 Å². The average Bonchev–Trinajstić information content (AvgIpc) is 1.90. The summed E-state index contributed by atoms with van der Waals surface area (Å²) in [5, 5.41) is 8.76. The molecule has 0 aromatic carbocycles.